The number of rotatable bonds is 7. The van der Waals surface area contributed by atoms with E-state index in [2.05, 4.69) is 4.74 Å². The maximum Gasteiger partial charge on any atom is 0.405 e. The number of para-hydroxylation sites is 1. The Hall–Kier alpha value is -3.08. The smallest absolute Gasteiger partial charge is 0.405 e. The summed E-state index contributed by atoms with van der Waals surface area (Å²) in [6, 6.07) is 13.2. The Kier molecular flexibility index (Phi) is 6.85. The van der Waals surface area contributed by atoms with Gasteiger partial charge in [0.25, 0.3) is 15.9 Å². The lowest BCUT2D eigenvalue weighted by atomic mass is 10.2. The monoisotopic (exact) mass is 430 g/mol. The first-order chi connectivity index (χ1) is 13.5. The summed E-state index contributed by atoms with van der Waals surface area (Å²) in [7, 11) is -2.64. The van der Waals surface area contributed by atoms with Gasteiger partial charge in [0.1, 0.15) is 6.54 Å². The molecule has 156 valence electrons. The SMILES string of the molecule is CN(c1ccccc1)S(=O)(=O)c1cccc(C(=O)OCC(=O)NCC(F)(F)F)c1. The second-order valence-electron chi connectivity index (χ2n) is 5.80. The summed E-state index contributed by atoms with van der Waals surface area (Å²) in [5.74, 6) is -2.19. The average Bonchev–Trinajstić information content (AvgIpc) is 2.70. The molecule has 0 radical (unpaired) electrons. The van der Waals surface area contributed by atoms with Crippen LogP contribution >= 0.6 is 0 Å². The van der Waals surface area contributed by atoms with Crippen LogP contribution in [0.2, 0.25) is 0 Å². The number of esters is 1. The van der Waals surface area contributed by atoms with Crippen LogP contribution < -0.4 is 9.62 Å². The molecule has 0 saturated heterocycles. The third-order valence-corrected chi connectivity index (χ3v) is 5.45. The van der Waals surface area contributed by atoms with E-state index in [-0.39, 0.29) is 10.5 Å². The van der Waals surface area contributed by atoms with Gasteiger partial charge in [-0.25, -0.2) is 13.2 Å². The van der Waals surface area contributed by atoms with Crippen molar-refractivity contribution in [3.63, 3.8) is 0 Å². The number of nitrogens with zero attached hydrogens (tertiary/aromatic N) is 1. The second-order valence-corrected chi connectivity index (χ2v) is 7.77. The molecule has 7 nitrogen and oxygen atoms in total. The molecular weight excluding hydrogens is 413 g/mol. The Bertz CT molecular complexity index is 978. The van der Waals surface area contributed by atoms with E-state index >= 15 is 0 Å². The first-order valence-electron chi connectivity index (χ1n) is 8.15. The number of alkyl halides is 3. The van der Waals surface area contributed by atoms with E-state index in [1.165, 1.54) is 25.2 Å². The number of ether oxygens (including phenoxy) is 1. The van der Waals surface area contributed by atoms with E-state index in [0.29, 0.717) is 5.69 Å². The zero-order valence-electron chi connectivity index (χ0n) is 15.1. The third kappa shape index (κ3) is 6.21. The van der Waals surface area contributed by atoms with E-state index < -0.39 is 41.2 Å². The van der Waals surface area contributed by atoms with E-state index in [0.717, 1.165) is 10.4 Å². The van der Waals surface area contributed by atoms with Crippen molar-refractivity contribution in [2.24, 2.45) is 0 Å². The van der Waals surface area contributed by atoms with E-state index in [9.17, 15) is 31.2 Å². The molecule has 0 saturated carbocycles. The maximum absolute atomic E-state index is 12.8. The van der Waals surface area contributed by atoms with E-state index in [1.807, 2.05) is 0 Å². The van der Waals surface area contributed by atoms with Crippen LogP contribution in [0.1, 0.15) is 10.4 Å². The zero-order valence-corrected chi connectivity index (χ0v) is 16.0. The molecule has 0 fully saturated rings. The number of benzene rings is 2. The van der Waals surface area contributed by atoms with E-state index in [1.54, 1.807) is 35.6 Å². The molecular formula is C18H17F3N2O5S. The van der Waals surface area contributed by atoms with Gasteiger partial charge in [0.2, 0.25) is 0 Å². The molecule has 0 bridgehead atoms. The average molecular weight is 430 g/mol. The Morgan fingerprint density at radius 2 is 1.72 bits per heavy atom. The number of sulfonamides is 1. The molecule has 0 heterocycles. The zero-order chi connectivity index (χ0) is 21.7. The van der Waals surface area contributed by atoms with Crippen LogP contribution in [0.25, 0.3) is 0 Å². The van der Waals surface area contributed by atoms with Crippen molar-refractivity contribution >= 4 is 27.6 Å². The fourth-order valence-corrected chi connectivity index (χ4v) is 3.42. The summed E-state index contributed by atoms with van der Waals surface area (Å²) in [5.41, 5.74) is 0.234. The Labute approximate surface area is 165 Å². The number of amides is 1. The summed E-state index contributed by atoms with van der Waals surface area (Å²) < 4.78 is 67.3. The molecule has 0 spiro atoms. The minimum atomic E-state index is -4.59. The first-order valence-corrected chi connectivity index (χ1v) is 9.59. The van der Waals surface area contributed by atoms with Crippen molar-refractivity contribution < 1.29 is 35.9 Å². The predicted octanol–water partition coefficient (Wildman–Crippen LogP) is 2.35. The lowest BCUT2D eigenvalue weighted by molar-refractivity contribution is -0.140. The van der Waals surface area contributed by atoms with Gasteiger partial charge in [-0.15, -0.1) is 0 Å². The molecule has 11 heteroatoms. The standard InChI is InChI=1S/C18H17F3N2O5S/c1-23(14-7-3-2-4-8-14)29(26,27)15-9-5-6-13(10-15)17(25)28-11-16(24)22-12-18(19,20)21/h2-10H,11-12H2,1H3,(H,22,24). The first kappa shape index (κ1) is 22.2. The Balaban J connectivity index is 2.08. The molecule has 1 N–H and O–H groups in total. The van der Waals surface area contributed by atoms with Crippen molar-refractivity contribution in [1.29, 1.82) is 0 Å². The Morgan fingerprint density at radius 1 is 1.07 bits per heavy atom. The van der Waals surface area contributed by atoms with Gasteiger partial charge in [0, 0.05) is 7.05 Å². The highest BCUT2D eigenvalue weighted by Gasteiger charge is 2.28. The highest BCUT2D eigenvalue weighted by atomic mass is 32.2. The largest absolute Gasteiger partial charge is 0.452 e. The highest BCUT2D eigenvalue weighted by molar-refractivity contribution is 7.92. The molecule has 0 atom stereocenters. The summed E-state index contributed by atoms with van der Waals surface area (Å²) in [6.45, 7) is -2.49. The summed E-state index contributed by atoms with van der Waals surface area (Å²) in [4.78, 5) is 23.1. The fourth-order valence-electron chi connectivity index (χ4n) is 2.18. The van der Waals surface area contributed by atoms with Crippen LogP contribution in [0.4, 0.5) is 18.9 Å². The number of carbonyl (C=O) groups excluding carboxylic acids is 2. The van der Waals surface area contributed by atoms with Gasteiger partial charge in [-0.3, -0.25) is 9.10 Å². The lowest BCUT2D eigenvalue weighted by Gasteiger charge is -2.19. The van der Waals surface area contributed by atoms with Crippen molar-refractivity contribution in [1.82, 2.24) is 5.32 Å². The van der Waals surface area contributed by atoms with Crippen molar-refractivity contribution in [2.45, 2.75) is 11.1 Å². The van der Waals surface area contributed by atoms with Gasteiger partial charge in [0.05, 0.1) is 16.1 Å². The third-order valence-electron chi connectivity index (χ3n) is 3.67. The molecule has 2 aromatic rings. The van der Waals surface area contributed by atoms with Crippen molar-refractivity contribution in [3.05, 3.63) is 60.2 Å². The number of nitrogens with one attached hydrogen (secondary N) is 1. The van der Waals surface area contributed by atoms with Crippen LogP contribution in [-0.4, -0.2) is 46.7 Å². The summed E-state index contributed by atoms with van der Waals surface area (Å²) in [5, 5.41) is 1.55. The number of hydrogen-bond acceptors (Lipinski definition) is 5. The van der Waals surface area contributed by atoms with E-state index in [4.69, 9.17) is 0 Å². The van der Waals surface area contributed by atoms with Crippen LogP contribution in [-0.2, 0) is 19.6 Å². The molecule has 0 aliphatic rings. The van der Waals surface area contributed by atoms with Gasteiger partial charge in [-0.2, -0.15) is 13.2 Å². The molecule has 0 unspecified atom stereocenters. The fraction of sp³-hybridized carbons (Fsp3) is 0.222. The molecule has 1 amide bonds. The number of hydrogen-bond donors (Lipinski definition) is 1. The number of halogens is 3. The van der Waals surface area contributed by atoms with Crippen LogP contribution in [0.15, 0.2) is 59.5 Å². The van der Waals surface area contributed by atoms with Crippen LogP contribution in [0.3, 0.4) is 0 Å². The maximum atomic E-state index is 12.8. The summed E-state index contributed by atoms with van der Waals surface area (Å²) in [6.07, 6.45) is -4.59. The van der Waals surface area contributed by atoms with Gasteiger partial charge in [-0.1, -0.05) is 24.3 Å². The minimum Gasteiger partial charge on any atom is -0.452 e. The predicted molar refractivity (Wildman–Crippen MR) is 97.8 cm³/mol. The topological polar surface area (TPSA) is 92.8 Å². The van der Waals surface area contributed by atoms with Gasteiger partial charge in [0.15, 0.2) is 6.61 Å². The van der Waals surface area contributed by atoms with Crippen LogP contribution in [0.5, 0.6) is 0 Å². The van der Waals surface area contributed by atoms with Crippen LogP contribution in [0, 0.1) is 0 Å². The summed E-state index contributed by atoms with van der Waals surface area (Å²) >= 11 is 0. The lowest BCUT2D eigenvalue weighted by Crippen LogP contribution is -2.36. The Morgan fingerprint density at radius 3 is 2.34 bits per heavy atom. The van der Waals surface area contributed by atoms with Gasteiger partial charge >= 0.3 is 12.1 Å². The van der Waals surface area contributed by atoms with Gasteiger partial charge in [-0.05, 0) is 30.3 Å². The van der Waals surface area contributed by atoms with Gasteiger partial charge < -0.3 is 10.1 Å². The molecule has 2 rings (SSSR count). The second kappa shape index (κ2) is 8.95. The van der Waals surface area contributed by atoms with Crippen molar-refractivity contribution in [2.75, 3.05) is 24.5 Å². The normalized spacial score (nSPS) is 11.6. The molecule has 0 aliphatic heterocycles. The molecule has 2 aromatic carbocycles. The molecule has 29 heavy (non-hydrogen) atoms. The highest BCUT2D eigenvalue weighted by Crippen LogP contribution is 2.22. The quantitative estimate of drug-likeness (QED) is 0.681. The molecule has 0 aromatic heterocycles. The number of anilines is 1. The minimum absolute atomic E-state index is 0.170. The number of carbonyl (C=O) groups is 2. The molecule has 0 aliphatic carbocycles. The van der Waals surface area contributed by atoms with Crippen molar-refractivity contribution in [3.8, 4) is 0 Å².